The third-order valence-electron chi connectivity index (χ3n) is 4.33. The van der Waals surface area contributed by atoms with Gasteiger partial charge >= 0.3 is 0 Å². The van der Waals surface area contributed by atoms with Gasteiger partial charge in [-0.05, 0) is 55.3 Å². The SMILES string of the molecule is CCc1ccc(S(=O)(=O)Nc2ccc(Nc3nc(C)cc(N(C)C)n3)cc2)cc1. The Bertz CT molecular complexity index is 1080. The minimum Gasteiger partial charge on any atom is -0.363 e. The Morgan fingerprint density at radius 3 is 2.14 bits per heavy atom. The molecule has 0 radical (unpaired) electrons. The highest BCUT2D eigenvalue weighted by molar-refractivity contribution is 7.92. The fourth-order valence-corrected chi connectivity index (χ4v) is 3.76. The topological polar surface area (TPSA) is 87.2 Å². The zero-order valence-corrected chi connectivity index (χ0v) is 17.8. The summed E-state index contributed by atoms with van der Waals surface area (Å²) < 4.78 is 27.7. The van der Waals surface area contributed by atoms with Gasteiger partial charge in [-0.15, -0.1) is 0 Å². The Hall–Kier alpha value is -3.13. The molecule has 0 aliphatic carbocycles. The predicted molar refractivity (Wildman–Crippen MR) is 117 cm³/mol. The van der Waals surface area contributed by atoms with Crippen molar-refractivity contribution in [2.45, 2.75) is 25.2 Å². The summed E-state index contributed by atoms with van der Waals surface area (Å²) in [6, 6.07) is 15.7. The lowest BCUT2D eigenvalue weighted by Crippen LogP contribution is -2.13. The molecule has 2 N–H and O–H groups in total. The predicted octanol–water partition coefficient (Wildman–Crippen LogP) is 3.96. The molecule has 0 aliphatic heterocycles. The summed E-state index contributed by atoms with van der Waals surface area (Å²) >= 11 is 0. The molecule has 3 rings (SSSR count). The van der Waals surface area contributed by atoms with Gasteiger partial charge in [-0.1, -0.05) is 19.1 Å². The van der Waals surface area contributed by atoms with Crippen LogP contribution in [-0.4, -0.2) is 32.5 Å². The number of hydrogen-bond acceptors (Lipinski definition) is 6. The molecule has 3 aromatic rings. The van der Waals surface area contributed by atoms with Crippen LogP contribution in [0.25, 0.3) is 0 Å². The minimum absolute atomic E-state index is 0.237. The van der Waals surface area contributed by atoms with Gasteiger partial charge in [0.1, 0.15) is 5.82 Å². The molecule has 0 saturated heterocycles. The molecule has 152 valence electrons. The molecule has 1 heterocycles. The van der Waals surface area contributed by atoms with E-state index in [1.54, 1.807) is 36.4 Å². The van der Waals surface area contributed by atoms with E-state index in [0.717, 1.165) is 29.2 Å². The zero-order valence-electron chi connectivity index (χ0n) is 17.0. The largest absolute Gasteiger partial charge is 0.363 e. The maximum Gasteiger partial charge on any atom is 0.261 e. The first-order valence-electron chi connectivity index (χ1n) is 9.28. The summed E-state index contributed by atoms with van der Waals surface area (Å²) in [5.41, 5.74) is 3.18. The molecule has 0 fully saturated rings. The Balaban J connectivity index is 1.73. The molecular formula is C21H25N5O2S. The van der Waals surface area contributed by atoms with E-state index in [4.69, 9.17) is 0 Å². The summed E-state index contributed by atoms with van der Waals surface area (Å²) in [5, 5.41) is 3.15. The third-order valence-corrected chi connectivity index (χ3v) is 5.73. The summed E-state index contributed by atoms with van der Waals surface area (Å²) in [6.07, 6.45) is 0.864. The van der Waals surface area contributed by atoms with Gasteiger partial charge in [0.2, 0.25) is 5.95 Å². The normalized spacial score (nSPS) is 11.2. The van der Waals surface area contributed by atoms with E-state index in [2.05, 4.69) is 20.0 Å². The Morgan fingerprint density at radius 1 is 0.931 bits per heavy atom. The lowest BCUT2D eigenvalue weighted by atomic mass is 10.2. The van der Waals surface area contributed by atoms with Crippen molar-refractivity contribution in [3.63, 3.8) is 0 Å². The Morgan fingerprint density at radius 2 is 1.55 bits per heavy atom. The summed E-state index contributed by atoms with van der Waals surface area (Å²) in [6.45, 7) is 3.94. The number of anilines is 4. The quantitative estimate of drug-likeness (QED) is 0.612. The molecule has 7 nitrogen and oxygen atoms in total. The maximum atomic E-state index is 12.6. The van der Waals surface area contributed by atoms with Gasteiger partial charge in [0.25, 0.3) is 10.0 Å². The molecule has 0 saturated carbocycles. The highest BCUT2D eigenvalue weighted by Gasteiger charge is 2.14. The summed E-state index contributed by atoms with van der Waals surface area (Å²) in [4.78, 5) is 11.0. The lowest BCUT2D eigenvalue weighted by Gasteiger charge is -2.14. The number of sulfonamides is 1. The minimum atomic E-state index is -3.63. The van der Waals surface area contributed by atoms with Crippen molar-refractivity contribution in [1.29, 1.82) is 0 Å². The van der Waals surface area contributed by atoms with Gasteiger partial charge in [-0.3, -0.25) is 4.72 Å². The van der Waals surface area contributed by atoms with Crippen molar-refractivity contribution < 1.29 is 8.42 Å². The smallest absolute Gasteiger partial charge is 0.261 e. The van der Waals surface area contributed by atoms with Crippen LogP contribution >= 0.6 is 0 Å². The maximum absolute atomic E-state index is 12.6. The van der Waals surface area contributed by atoms with Crippen LogP contribution in [0.3, 0.4) is 0 Å². The van der Waals surface area contributed by atoms with Gasteiger partial charge in [0.05, 0.1) is 4.90 Å². The van der Waals surface area contributed by atoms with Crippen LogP contribution < -0.4 is 14.9 Å². The average molecular weight is 412 g/mol. The fourth-order valence-electron chi connectivity index (χ4n) is 2.71. The number of benzene rings is 2. The monoisotopic (exact) mass is 411 g/mol. The van der Waals surface area contributed by atoms with Gasteiger partial charge in [-0.2, -0.15) is 4.98 Å². The molecule has 29 heavy (non-hydrogen) atoms. The molecule has 0 spiro atoms. The molecule has 8 heteroatoms. The van der Waals surface area contributed by atoms with E-state index in [0.29, 0.717) is 11.6 Å². The first-order chi connectivity index (χ1) is 13.8. The van der Waals surface area contributed by atoms with E-state index in [9.17, 15) is 8.42 Å². The second-order valence-electron chi connectivity index (χ2n) is 6.89. The number of hydrogen-bond donors (Lipinski definition) is 2. The van der Waals surface area contributed by atoms with Crippen LogP contribution in [0.5, 0.6) is 0 Å². The van der Waals surface area contributed by atoms with Crippen molar-refractivity contribution in [2.24, 2.45) is 0 Å². The molecule has 1 aromatic heterocycles. The van der Waals surface area contributed by atoms with Crippen LogP contribution in [0, 0.1) is 6.92 Å². The van der Waals surface area contributed by atoms with Crippen molar-refractivity contribution in [2.75, 3.05) is 29.0 Å². The number of nitrogens with zero attached hydrogens (tertiary/aromatic N) is 3. The molecule has 0 aliphatic rings. The molecule has 0 amide bonds. The van der Waals surface area contributed by atoms with Crippen LogP contribution in [0.15, 0.2) is 59.5 Å². The lowest BCUT2D eigenvalue weighted by molar-refractivity contribution is 0.601. The number of rotatable bonds is 7. The van der Waals surface area contributed by atoms with Crippen LogP contribution in [0.1, 0.15) is 18.2 Å². The zero-order chi connectivity index (χ0) is 21.0. The molecule has 0 unspecified atom stereocenters. The third kappa shape index (κ3) is 5.23. The van der Waals surface area contributed by atoms with Crippen molar-refractivity contribution >= 4 is 33.2 Å². The number of nitrogens with one attached hydrogen (secondary N) is 2. The Kier molecular flexibility index (Phi) is 6.03. The van der Waals surface area contributed by atoms with Gasteiger partial charge in [0.15, 0.2) is 0 Å². The Labute approximate surface area is 171 Å². The van der Waals surface area contributed by atoms with Gasteiger partial charge < -0.3 is 10.2 Å². The fraction of sp³-hybridized carbons (Fsp3) is 0.238. The van der Waals surface area contributed by atoms with Crippen molar-refractivity contribution in [3.05, 3.63) is 65.9 Å². The highest BCUT2D eigenvalue weighted by atomic mass is 32.2. The van der Waals surface area contributed by atoms with Gasteiger partial charge in [-0.25, -0.2) is 13.4 Å². The number of aromatic nitrogens is 2. The second-order valence-corrected chi connectivity index (χ2v) is 8.57. The van der Waals surface area contributed by atoms with Crippen LogP contribution in [-0.2, 0) is 16.4 Å². The van der Waals surface area contributed by atoms with Crippen LogP contribution in [0.4, 0.5) is 23.1 Å². The summed E-state index contributed by atoms with van der Waals surface area (Å²) in [7, 11) is 0.206. The number of aryl methyl sites for hydroxylation is 2. The molecule has 0 bridgehead atoms. The second kappa shape index (κ2) is 8.48. The standard InChI is InChI=1S/C21H25N5O2S/c1-5-16-6-12-19(13-7-16)29(27,28)25-18-10-8-17(9-11-18)23-21-22-15(2)14-20(24-21)26(3)4/h6-14,25H,5H2,1-4H3,(H,22,23,24). The van der Waals surface area contributed by atoms with Crippen molar-refractivity contribution in [1.82, 2.24) is 9.97 Å². The highest BCUT2D eigenvalue weighted by Crippen LogP contribution is 2.21. The van der Waals surface area contributed by atoms with E-state index in [1.165, 1.54) is 0 Å². The van der Waals surface area contributed by atoms with E-state index in [1.807, 2.05) is 51.0 Å². The average Bonchev–Trinajstić information content (AvgIpc) is 2.69. The van der Waals surface area contributed by atoms with Gasteiger partial charge in [0, 0.05) is 37.2 Å². The molecule has 2 aromatic carbocycles. The van der Waals surface area contributed by atoms with Crippen molar-refractivity contribution in [3.8, 4) is 0 Å². The first-order valence-corrected chi connectivity index (χ1v) is 10.8. The van der Waals surface area contributed by atoms with Crippen LogP contribution in [0.2, 0.25) is 0 Å². The molecule has 0 atom stereocenters. The first kappa shape index (κ1) is 20.6. The van der Waals surface area contributed by atoms with E-state index >= 15 is 0 Å². The summed E-state index contributed by atoms with van der Waals surface area (Å²) in [5.74, 6) is 1.29. The van der Waals surface area contributed by atoms with E-state index in [-0.39, 0.29) is 4.90 Å². The van der Waals surface area contributed by atoms with E-state index < -0.39 is 10.0 Å². The molecular weight excluding hydrogens is 386 g/mol.